The van der Waals surface area contributed by atoms with Gasteiger partial charge in [0.15, 0.2) is 5.16 Å². The summed E-state index contributed by atoms with van der Waals surface area (Å²) in [6.45, 7) is 6.03. The van der Waals surface area contributed by atoms with E-state index in [0.29, 0.717) is 34.0 Å². The Morgan fingerprint density at radius 3 is 2.65 bits per heavy atom. The van der Waals surface area contributed by atoms with Crippen molar-refractivity contribution in [1.29, 1.82) is 5.26 Å². The van der Waals surface area contributed by atoms with E-state index in [0.717, 1.165) is 21.6 Å². The number of nitrogens with zero attached hydrogens (tertiary/aromatic N) is 3. The third kappa shape index (κ3) is 4.96. The van der Waals surface area contributed by atoms with Crippen LogP contribution in [-0.2, 0) is 17.8 Å². The van der Waals surface area contributed by atoms with Crippen molar-refractivity contribution >= 4 is 44.9 Å². The molecule has 34 heavy (non-hydrogen) atoms. The van der Waals surface area contributed by atoms with Gasteiger partial charge in [0.05, 0.1) is 23.6 Å². The average Bonchev–Trinajstić information content (AvgIpc) is 3.18. The number of rotatable bonds is 8. The van der Waals surface area contributed by atoms with Crippen LogP contribution in [0.15, 0.2) is 77.2 Å². The second-order valence-corrected chi connectivity index (χ2v) is 9.51. The monoisotopic (exact) mass is 486 g/mol. The number of hydrogen-bond acceptors (Lipinski definition) is 6. The summed E-state index contributed by atoms with van der Waals surface area (Å²) in [7, 11) is 0. The number of amides is 1. The van der Waals surface area contributed by atoms with Gasteiger partial charge in [-0.25, -0.2) is 4.98 Å². The highest BCUT2D eigenvalue weighted by molar-refractivity contribution is 7.99. The Bertz CT molecular complexity index is 1450. The summed E-state index contributed by atoms with van der Waals surface area (Å²) < 4.78 is 1.57. The molecule has 4 rings (SSSR count). The van der Waals surface area contributed by atoms with E-state index >= 15 is 0 Å². The van der Waals surface area contributed by atoms with Gasteiger partial charge < -0.3 is 5.32 Å². The van der Waals surface area contributed by atoms with E-state index in [-0.39, 0.29) is 17.2 Å². The lowest BCUT2D eigenvalue weighted by Crippen LogP contribution is -2.23. The lowest BCUT2D eigenvalue weighted by Gasteiger charge is -2.10. The zero-order valence-electron chi connectivity index (χ0n) is 18.6. The number of carbonyl (C=O) groups excluding carboxylic acids is 1. The topological polar surface area (TPSA) is 87.8 Å². The Hall–Kier alpha value is -3.67. The number of carbonyl (C=O) groups is 1. The molecule has 0 aliphatic carbocycles. The lowest BCUT2D eigenvalue weighted by atomic mass is 10.1. The van der Waals surface area contributed by atoms with E-state index in [2.05, 4.69) is 18.0 Å². The van der Waals surface area contributed by atoms with Crippen LogP contribution >= 0.6 is 23.1 Å². The Balaban J connectivity index is 1.59. The highest BCUT2D eigenvalue weighted by atomic mass is 32.2. The summed E-state index contributed by atoms with van der Waals surface area (Å²) in [4.78, 5) is 32.4. The number of aryl methyl sites for hydroxylation is 1. The van der Waals surface area contributed by atoms with E-state index in [9.17, 15) is 9.59 Å². The quantitative estimate of drug-likeness (QED) is 0.204. The normalized spacial score (nSPS) is 10.7. The molecule has 2 aromatic heterocycles. The van der Waals surface area contributed by atoms with E-state index < -0.39 is 0 Å². The number of anilines is 1. The molecule has 170 valence electrons. The van der Waals surface area contributed by atoms with Crippen LogP contribution in [0.4, 0.5) is 5.69 Å². The van der Waals surface area contributed by atoms with E-state index in [1.165, 1.54) is 23.1 Å². The molecule has 2 heterocycles. The summed E-state index contributed by atoms with van der Waals surface area (Å²) in [5.41, 5.74) is 3.38. The standard InChI is InChI=1S/C26H22N4O2S2/c1-3-15-30-25(32)22-17(2)23(19-7-5-4-6-8-19)34-24(22)29-26(30)33-16-21(31)28-20-11-9-18(10-12-20)13-14-27/h3-12H,1,13,15-16H2,2H3,(H,28,31). The largest absolute Gasteiger partial charge is 0.325 e. The van der Waals surface area contributed by atoms with Crippen LogP contribution in [0.2, 0.25) is 0 Å². The number of thioether (sulfide) groups is 1. The molecule has 1 amide bonds. The zero-order chi connectivity index (χ0) is 24.1. The summed E-state index contributed by atoms with van der Waals surface area (Å²) in [5, 5.41) is 12.7. The second-order valence-electron chi connectivity index (χ2n) is 7.57. The smallest absolute Gasteiger partial charge is 0.263 e. The molecule has 0 radical (unpaired) electrons. The molecule has 4 aromatic rings. The van der Waals surface area contributed by atoms with E-state index in [1.807, 2.05) is 49.4 Å². The van der Waals surface area contributed by atoms with Crippen LogP contribution in [0.1, 0.15) is 11.1 Å². The lowest BCUT2D eigenvalue weighted by molar-refractivity contribution is -0.113. The number of fused-ring (bicyclic) bond motifs is 1. The maximum Gasteiger partial charge on any atom is 0.263 e. The SMILES string of the molecule is C=CCn1c(SCC(=O)Nc2ccc(CC#N)cc2)nc2sc(-c3ccccc3)c(C)c2c1=O. The molecule has 0 saturated heterocycles. The molecule has 0 atom stereocenters. The highest BCUT2D eigenvalue weighted by Crippen LogP contribution is 2.36. The fraction of sp³-hybridized carbons (Fsp3) is 0.154. The number of nitrogens with one attached hydrogen (secondary N) is 1. The Labute approximate surface area is 205 Å². The van der Waals surface area contributed by atoms with Gasteiger partial charge in [-0.2, -0.15) is 5.26 Å². The van der Waals surface area contributed by atoms with Crippen molar-refractivity contribution in [1.82, 2.24) is 9.55 Å². The van der Waals surface area contributed by atoms with Crippen molar-refractivity contribution in [2.45, 2.75) is 25.0 Å². The van der Waals surface area contributed by atoms with Crippen LogP contribution in [0.3, 0.4) is 0 Å². The first-order chi connectivity index (χ1) is 16.5. The maximum absolute atomic E-state index is 13.4. The van der Waals surface area contributed by atoms with Crippen molar-refractivity contribution < 1.29 is 4.79 Å². The summed E-state index contributed by atoms with van der Waals surface area (Å²) in [6, 6.07) is 19.2. The van der Waals surface area contributed by atoms with Gasteiger partial charge in [-0.05, 0) is 35.7 Å². The maximum atomic E-state index is 13.4. The molecular formula is C26H22N4O2S2. The van der Waals surface area contributed by atoms with Gasteiger partial charge >= 0.3 is 0 Å². The first-order valence-electron chi connectivity index (χ1n) is 10.6. The zero-order valence-corrected chi connectivity index (χ0v) is 20.2. The summed E-state index contributed by atoms with van der Waals surface area (Å²) in [6.07, 6.45) is 1.98. The molecule has 6 nitrogen and oxygen atoms in total. The van der Waals surface area contributed by atoms with E-state index in [1.54, 1.807) is 22.8 Å². The Morgan fingerprint density at radius 2 is 1.97 bits per heavy atom. The minimum Gasteiger partial charge on any atom is -0.325 e. The number of aromatic nitrogens is 2. The average molecular weight is 487 g/mol. The van der Waals surface area contributed by atoms with Gasteiger partial charge in [0, 0.05) is 17.1 Å². The molecule has 0 saturated carbocycles. The van der Waals surface area contributed by atoms with Crippen molar-refractivity contribution in [3.63, 3.8) is 0 Å². The van der Waals surface area contributed by atoms with Crippen LogP contribution in [0.5, 0.6) is 0 Å². The van der Waals surface area contributed by atoms with Gasteiger partial charge in [0.1, 0.15) is 4.83 Å². The van der Waals surface area contributed by atoms with Gasteiger partial charge in [-0.3, -0.25) is 14.2 Å². The highest BCUT2D eigenvalue weighted by Gasteiger charge is 2.19. The first-order valence-corrected chi connectivity index (χ1v) is 12.4. The van der Waals surface area contributed by atoms with Crippen molar-refractivity contribution in [2.75, 3.05) is 11.1 Å². The molecule has 1 N–H and O–H groups in total. The van der Waals surface area contributed by atoms with Gasteiger partial charge in [0.2, 0.25) is 5.91 Å². The van der Waals surface area contributed by atoms with Crippen LogP contribution in [-0.4, -0.2) is 21.2 Å². The molecule has 2 aromatic carbocycles. The van der Waals surface area contributed by atoms with Crippen molar-refractivity contribution in [3.05, 3.63) is 88.7 Å². The van der Waals surface area contributed by atoms with Crippen molar-refractivity contribution in [3.8, 4) is 16.5 Å². The molecule has 8 heteroatoms. The Morgan fingerprint density at radius 1 is 1.24 bits per heavy atom. The van der Waals surface area contributed by atoms with Gasteiger partial charge in [-0.15, -0.1) is 17.9 Å². The number of thiophene rings is 1. The predicted molar refractivity (Wildman–Crippen MR) is 139 cm³/mol. The van der Waals surface area contributed by atoms with Crippen LogP contribution < -0.4 is 10.9 Å². The minimum absolute atomic E-state index is 0.102. The number of hydrogen-bond donors (Lipinski definition) is 1. The Kier molecular flexibility index (Phi) is 7.26. The van der Waals surface area contributed by atoms with E-state index in [4.69, 9.17) is 10.2 Å². The summed E-state index contributed by atoms with van der Waals surface area (Å²) in [5.74, 6) is -0.102. The fourth-order valence-corrected chi connectivity index (χ4v) is 5.62. The van der Waals surface area contributed by atoms with Gasteiger partial charge in [-0.1, -0.05) is 60.3 Å². The second kappa shape index (κ2) is 10.5. The third-order valence-electron chi connectivity index (χ3n) is 5.22. The molecule has 0 spiro atoms. The molecule has 0 fully saturated rings. The minimum atomic E-state index is -0.204. The molecule has 0 unspecified atom stereocenters. The molecule has 0 aliphatic heterocycles. The third-order valence-corrected chi connectivity index (χ3v) is 7.43. The molecular weight excluding hydrogens is 464 g/mol. The number of benzene rings is 2. The number of allylic oxidation sites excluding steroid dienone is 1. The number of nitriles is 1. The van der Waals surface area contributed by atoms with Crippen molar-refractivity contribution in [2.24, 2.45) is 0 Å². The predicted octanol–water partition coefficient (Wildman–Crippen LogP) is 5.42. The van der Waals surface area contributed by atoms with Crippen LogP contribution in [0.25, 0.3) is 20.7 Å². The van der Waals surface area contributed by atoms with Gasteiger partial charge in [0.25, 0.3) is 5.56 Å². The molecule has 0 bridgehead atoms. The van der Waals surface area contributed by atoms with Crippen LogP contribution in [0, 0.1) is 18.3 Å². The summed E-state index contributed by atoms with van der Waals surface area (Å²) >= 11 is 2.71. The first kappa shape index (κ1) is 23.5. The molecule has 0 aliphatic rings. The fourth-order valence-electron chi connectivity index (χ4n) is 3.59.